The fourth-order valence-electron chi connectivity index (χ4n) is 5.56. The molecule has 4 N–H and O–H groups in total. The highest BCUT2D eigenvalue weighted by Gasteiger charge is 2.46. The smallest absolute Gasteiger partial charge is 0.326 e. The van der Waals surface area contributed by atoms with Crippen LogP contribution in [0.5, 0.6) is 11.8 Å². The second kappa shape index (κ2) is 7.25. The maximum Gasteiger partial charge on any atom is 0.326 e. The zero-order valence-corrected chi connectivity index (χ0v) is 19.3. The monoisotopic (exact) mass is 473 g/mol. The number of aromatic nitrogens is 6. The molecule has 0 amide bonds. The number of nitrogens with two attached hydrogens (primary N) is 1. The minimum absolute atomic E-state index is 0.180. The first-order chi connectivity index (χ1) is 17.0. The maximum absolute atomic E-state index is 14.5. The third kappa shape index (κ3) is 3.04. The molecule has 3 unspecified atom stereocenters. The van der Waals surface area contributed by atoms with Gasteiger partial charge in [0, 0.05) is 37.1 Å². The van der Waals surface area contributed by atoms with Crippen molar-refractivity contribution in [3.05, 3.63) is 42.1 Å². The third-order valence-electron chi connectivity index (χ3n) is 7.39. The van der Waals surface area contributed by atoms with Crippen LogP contribution in [0.4, 0.5) is 15.9 Å². The number of hydrogen-bond acceptors (Lipinski definition) is 8. The zero-order chi connectivity index (χ0) is 23.8. The molecule has 0 radical (unpaired) electrons. The topological polar surface area (TPSA) is 122 Å². The van der Waals surface area contributed by atoms with E-state index in [0.717, 1.165) is 52.8 Å². The van der Waals surface area contributed by atoms with Gasteiger partial charge < -0.3 is 25.7 Å². The molecule has 11 heteroatoms. The van der Waals surface area contributed by atoms with Crippen molar-refractivity contribution in [1.82, 2.24) is 29.5 Å². The van der Waals surface area contributed by atoms with Gasteiger partial charge in [0.05, 0.1) is 35.2 Å². The Balaban J connectivity index is 1.39. The number of halogens is 1. The predicted octanol–water partition coefficient (Wildman–Crippen LogP) is 3.22. The molecule has 3 atom stereocenters. The van der Waals surface area contributed by atoms with E-state index in [9.17, 15) is 4.39 Å². The standard InChI is InChI=1S/C24H24FN9O/c1-11-6-29-34-9-14(7-28-22(11)34)35-24-31-21-19(15-4-13(25)5-18(27-2)20(15)30-21)23(32-24)33-8-12-3-17(26)16(12)10-33/h4-7,9,12,16-17,27H,3,8,10,26H2,1-2H3,(H,30,31,32). The van der Waals surface area contributed by atoms with Gasteiger partial charge in [0.15, 0.2) is 11.4 Å². The lowest BCUT2D eigenvalue weighted by molar-refractivity contribution is 0.194. The van der Waals surface area contributed by atoms with Crippen molar-refractivity contribution >= 4 is 39.1 Å². The Morgan fingerprint density at radius 1 is 1.23 bits per heavy atom. The van der Waals surface area contributed by atoms with Gasteiger partial charge in [0.2, 0.25) is 0 Å². The van der Waals surface area contributed by atoms with E-state index in [1.165, 1.54) is 12.1 Å². The minimum atomic E-state index is -0.327. The van der Waals surface area contributed by atoms with Gasteiger partial charge in [-0.05, 0) is 37.3 Å². The number of ether oxygens (including phenoxy) is 1. The molecule has 2 aliphatic rings. The van der Waals surface area contributed by atoms with Crippen LogP contribution >= 0.6 is 0 Å². The van der Waals surface area contributed by atoms with E-state index >= 15 is 0 Å². The summed E-state index contributed by atoms with van der Waals surface area (Å²) in [6, 6.07) is 3.38. The van der Waals surface area contributed by atoms with Gasteiger partial charge in [0.25, 0.3) is 0 Å². The van der Waals surface area contributed by atoms with Crippen LogP contribution in [0.15, 0.2) is 30.7 Å². The molecule has 1 saturated carbocycles. The van der Waals surface area contributed by atoms with Crippen LogP contribution < -0.4 is 20.7 Å². The molecular formula is C24H24FN9O. The Hall–Kier alpha value is -3.99. The number of rotatable bonds is 4. The number of H-pyrrole nitrogens is 1. The van der Waals surface area contributed by atoms with Crippen molar-refractivity contribution in [2.24, 2.45) is 17.6 Å². The van der Waals surface area contributed by atoms with Crippen LogP contribution in [-0.2, 0) is 0 Å². The molecule has 1 saturated heterocycles. The van der Waals surface area contributed by atoms with Crippen LogP contribution in [-0.4, -0.2) is 55.7 Å². The molecule has 0 bridgehead atoms. The van der Waals surface area contributed by atoms with Gasteiger partial charge in [0.1, 0.15) is 17.3 Å². The van der Waals surface area contributed by atoms with Crippen LogP contribution in [0.1, 0.15) is 12.0 Å². The van der Waals surface area contributed by atoms with E-state index in [-0.39, 0.29) is 17.9 Å². The molecule has 35 heavy (non-hydrogen) atoms. The summed E-state index contributed by atoms with van der Waals surface area (Å²) in [7, 11) is 1.76. The molecule has 5 heterocycles. The lowest BCUT2D eigenvalue weighted by atomic mass is 9.72. The van der Waals surface area contributed by atoms with E-state index < -0.39 is 0 Å². The number of nitrogens with one attached hydrogen (secondary N) is 2. The minimum Gasteiger partial charge on any atom is -0.421 e. The highest BCUT2D eigenvalue weighted by molar-refractivity contribution is 6.14. The summed E-state index contributed by atoms with van der Waals surface area (Å²) in [5.41, 5.74) is 10.00. The Morgan fingerprint density at radius 2 is 2.11 bits per heavy atom. The second-order valence-electron chi connectivity index (χ2n) is 9.52. The maximum atomic E-state index is 14.5. The summed E-state index contributed by atoms with van der Waals surface area (Å²) in [6.45, 7) is 3.61. The van der Waals surface area contributed by atoms with Crippen molar-refractivity contribution in [2.45, 2.75) is 19.4 Å². The van der Waals surface area contributed by atoms with Crippen molar-refractivity contribution in [3.63, 3.8) is 0 Å². The van der Waals surface area contributed by atoms with E-state index in [1.54, 1.807) is 30.2 Å². The Labute approximate surface area is 199 Å². The van der Waals surface area contributed by atoms with Crippen LogP contribution in [0.3, 0.4) is 0 Å². The number of benzene rings is 1. The van der Waals surface area contributed by atoms with Gasteiger partial charge in [-0.1, -0.05) is 0 Å². The van der Waals surface area contributed by atoms with Crippen molar-refractivity contribution in [1.29, 1.82) is 0 Å². The highest BCUT2D eigenvalue weighted by atomic mass is 19.1. The third-order valence-corrected chi connectivity index (χ3v) is 7.39. The van der Waals surface area contributed by atoms with Crippen LogP contribution in [0.25, 0.3) is 27.6 Å². The quantitative estimate of drug-likeness (QED) is 0.364. The number of nitrogens with zero attached hydrogens (tertiary/aromatic N) is 6. The zero-order valence-electron chi connectivity index (χ0n) is 19.3. The average Bonchev–Trinajstić information content (AvgIpc) is 3.51. The predicted molar refractivity (Wildman–Crippen MR) is 130 cm³/mol. The SMILES string of the molecule is CNc1cc(F)cc2c1[nH]c1nc(Oc3cnc4c(C)cnn4c3)nc(N3CC4CC(N)C4C3)c12. The number of hydrogen-bond donors (Lipinski definition) is 3. The first kappa shape index (κ1) is 20.4. The molecule has 4 aromatic heterocycles. The van der Waals surface area contributed by atoms with Gasteiger partial charge in [-0.15, -0.1) is 0 Å². The van der Waals surface area contributed by atoms with E-state index in [4.69, 9.17) is 15.5 Å². The highest BCUT2D eigenvalue weighted by Crippen LogP contribution is 2.44. The van der Waals surface area contributed by atoms with Gasteiger partial charge in [-0.25, -0.2) is 13.9 Å². The molecule has 1 aliphatic carbocycles. The molecular weight excluding hydrogens is 449 g/mol. The first-order valence-corrected chi connectivity index (χ1v) is 11.7. The molecule has 5 aromatic rings. The van der Waals surface area contributed by atoms with E-state index in [1.807, 2.05) is 6.92 Å². The summed E-state index contributed by atoms with van der Waals surface area (Å²) in [4.78, 5) is 19.5. The van der Waals surface area contributed by atoms with Crippen LogP contribution in [0.2, 0.25) is 0 Å². The van der Waals surface area contributed by atoms with Crippen molar-refractivity contribution < 1.29 is 9.13 Å². The Bertz CT molecular complexity index is 1630. The van der Waals surface area contributed by atoms with Gasteiger partial charge in [-0.2, -0.15) is 15.1 Å². The Morgan fingerprint density at radius 3 is 2.91 bits per heavy atom. The van der Waals surface area contributed by atoms with Crippen molar-refractivity contribution in [3.8, 4) is 11.8 Å². The lowest BCUT2D eigenvalue weighted by Crippen LogP contribution is -2.46. The number of aromatic amines is 1. The lowest BCUT2D eigenvalue weighted by Gasteiger charge is -2.36. The normalized spacial score (nSPS) is 21.6. The fraction of sp³-hybridized carbons (Fsp3) is 0.333. The Kier molecular flexibility index (Phi) is 4.23. The van der Waals surface area contributed by atoms with Gasteiger partial charge >= 0.3 is 6.01 Å². The first-order valence-electron chi connectivity index (χ1n) is 11.7. The summed E-state index contributed by atoms with van der Waals surface area (Å²) in [6.07, 6.45) is 6.14. The van der Waals surface area contributed by atoms with E-state index in [2.05, 4.69) is 30.3 Å². The summed E-state index contributed by atoms with van der Waals surface area (Å²) < 4.78 is 22.2. The fourth-order valence-corrected chi connectivity index (χ4v) is 5.56. The molecule has 7 rings (SSSR count). The second-order valence-corrected chi connectivity index (χ2v) is 9.52. The molecule has 10 nitrogen and oxygen atoms in total. The summed E-state index contributed by atoms with van der Waals surface area (Å²) in [5.74, 6) is 1.84. The molecule has 2 fully saturated rings. The summed E-state index contributed by atoms with van der Waals surface area (Å²) in [5, 5.41) is 8.87. The van der Waals surface area contributed by atoms with Crippen molar-refractivity contribution in [2.75, 3.05) is 30.4 Å². The molecule has 1 aliphatic heterocycles. The molecule has 178 valence electrons. The largest absolute Gasteiger partial charge is 0.421 e. The molecule has 1 aromatic carbocycles. The average molecular weight is 474 g/mol. The summed E-state index contributed by atoms with van der Waals surface area (Å²) >= 11 is 0. The van der Waals surface area contributed by atoms with Gasteiger partial charge in [-0.3, -0.25) is 0 Å². The number of anilines is 2. The number of fused-ring (bicyclic) bond motifs is 5. The molecule has 0 spiro atoms. The van der Waals surface area contributed by atoms with Crippen LogP contribution in [0, 0.1) is 24.6 Å². The van der Waals surface area contributed by atoms with E-state index in [0.29, 0.717) is 28.9 Å². The number of aryl methyl sites for hydroxylation is 1.